The molecule has 0 aliphatic rings. The molecule has 6 rings (SSSR count). The van der Waals surface area contributed by atoms with Gasteiger partial charge in [-0.2, -0.15) is 19.0 Å². The minimum Gasteiger partial charge on any atom is -0.497 e. The van der Waals surface area contributed by atoms with Crippen molar-refractivity contribution >= 4 is 26.4 Å². The van der Waals surface area contributed by atoms with Gasteiger partial charge in [0, 0.05) is 24.0 Å². The van der Waals surface area contributed by atoms with Gasteiger partial charge in [0.1, 0.15) is 11.4 Å². The minimum absolute atomic E-state index is 0.0116. The van der Waals surface area contributed by atoms with E-state index in [2.05, 4.69) is 20.2 Å². The molecule has 0 amide bonds. The van der Waals surface area contributed by atoms with Gasteiger partial charge in [-0.05, 0) is 55.5 Å². The summed E-state index contributed by atoms with van der Waals surface area (Å²) < 4.78 is 66.8. The molecule has 0 unspecified atom stereocenters. The molecule has 2 aromatic carbocycles. The van der Waals surface area contributed by atoms with E-state index in [4.69, 9.17) is 9.47 Å². The maximum Gasteiger partial charge on any atom is 0.387 e. The van der Waals surface area contributed by atoms with E-state index in [0.29, 0.717) is 39.3 Å². The second-order valence-electron chi connectivity index (χ2n) is 8.72. The molecule has 0 fully saturated rings. The standard InChI is InChI=1S/C27H20F2N6O4S/c1-16-20-14-31-22(21-15-32-34-10-4-9-30-26(21)34)13-23(20)35(33-16)24-12-19(7-8-25(24)39-27(28)29)40(36,37)18-6-3-5-17(11-18)38-2/h3-15,27H,1-2H3. The molecule has 4 heterocycles. The number of aryl methyl sites for hydroxylation is 1. The summed E-state index contributed by atoms with van der Waals surface area (Å²) in [6.07, 6.45) is 6.62. The van der Waals surface area contributed by atoms with Gasteiger partial charge in [0.25, 0.3) is 0 Å². The summed E-state index contributed by atoms with van der Waals surface area (Å²) in [5.41, 5.74) is 2.79. The summed E-state index contributed by atoms with van der Waals surface area (Å²) in [5, 5.41) is 9.47. The van der Waals surface area contributed by atoms with Gasteiger partial charge in [0.05, 0.1) is 45.6 Å². The van der Waals surface area contributed by atoms with Crippen molar-refractivity contribution in [2.24, 2.45) is 0 Å². The number of pyridine rings is 1. The van der Waals surface area contributed by atoms with Gasteiger partial charge in [-0.1, -0.05) is 6.07 Å². The van der Waals surface area contributed by atoms with Gasteiger partial charge in [0.15, 0.2) is 11.4 Å². The largest absolute Gasteiger partial charge is 0.497 e. The molecule has 0 aliphatic heterocycles. The van der Waals surface area contributed by atoms with Crippen LogP contribution in [0.25, 0.3) is 33.5 Å². The number of benzene rings is 2. The van der Waals surface area contributed by atoms with E-state index in [1.807, 2.05) is 0 Å². The lowest BCUT2D eigenvalue weighted by atomic mass is 10.1. The molecule has 13 heteroatoms. The third-order valence-electron chi connectivity index (χ3n) is 6.34. The van der Waals surface area contributed by atoms with Crippen molar-refractivity contribution in [1.29, 1.82) is 0 Å². The molecule has 0 spiro atoms. The first-order valence-electron chi connectivity index (χ1n) is 11.9. The number of rotatable bonds is 7. The quantitative estimate of drug-likeness (QED) is 0.271. The van der Waals surface area contributed by atoms with E-state index in [9.17, 15) is 17.2 Å². The summed E-state index contributed by atoms with van der Waals surface area (Å²) >= 11 is 0. The number of sulfone groups is 1. The summed E-state index contributed by atoms with van der Waals surface area (Å²) in [6, 6.07) is 13.1. The zero-order chi connectivity index (χ0) is 28.0. The van der Waals surface area contributed by atoms with E-state index in [-0.39, 0.29) is 21.2 Å². The predicted molar refractivity (Wildman–Crippen MR) is 141 cm³/mol. The maximum atomic E-state index is 13.5. The van der Waals surface area contributed by atoms with Crippen molar-refractivity contribution in [2.45, 2.75) is 23.3 Å². The summed E-state index contributed by atoms with van der Waals surface area (Å²) in [5.74, 6) is 0.106. The summed E-state index contributed by atoms with van der Waals surface area (Å²) in [7, 11) is -2.63. The van der Waals surface area contributed by atoms with Crippen LogP contribution in [0.1, 0.15) is 5.69 Å². The second-order valence-corrected chi connectivity index (χ2v) is 10.7. The first-order chi connectivity index (χ1) is 19.3. The first kappa shape index (κ1) is 25.4. The molecule has 10 nitrogen and oxygen atoms in total. The maximum absolute atomic E-state index is 13.5. The molecular formula is C27H20F2N6O4S. The summed E-state index contributed by atoms with van der Waals surface area (Å²) in [4.78, 5) is 8.76. The highest BCUT2D eigenvalue weighted by molar-refractivity contribution is 7.91. The van der Waals surface area contributed by atoms with Crippen LogP contribution in [0.15, 0.2) is 89.2 Å². The van der Waals surface area contributed by atoms with Crippen LogP contribution in [-0.2, 0) is 9.84 Å². The van der Waals surface area contributed by atoms with Crippen molar-refractivity contribution < 1.29 is 26.7 Å². The Labute approximate surface area is 226 Å². The number of halogens is 2. The number of alkyl halides is 2. The van der Waals surface area contributed by atoms with Crippen molar-refractivity contribution in [3.05, 3.63) is 85.1 Å². The van der Waals surface area contributed by atoms with Gasteiger partial charge in [-0.15, -0.1) is 0 Å². The number of fused-ring (bicyclic) bond motifs is 2. The Morgan fingerprint density at radius 2 is 1.80 bits per heavy atom. The molecular weight excluding hydrogens is 542 g/mol. The second kappa shape index (κ2) is 9.68. The van der Waals surface area contributed by atoms with Crippen LogP contribution in [0.2, 0.25) is 0 Å². The Balaban J connectivity index is 1.55. The fraction of sp³-hybridized carbons (Fsp3) is 0.111. The van der Waals surface area contributed by atoms with Crippen LogP contribution in [0.5, 0.6) is 11.5 Å². The van der Waals surface area contributed by atoms with E-state index in [1.54, 1.807) is 60.5 Å². The normalized spacial score (nSPS) is 11.9. The Hall–Kier alpha value is -4.91. The molecule has 0 N–H and O–H groups in total. The highest BCUT2D eigenvalue weighted by Gasteiger charge is 2.24. The first-order valence-corrected chi connectivity index (χ1v) is 13.4. The predicted octanol–water partition coefficient (Wildman–Crippen LogP) is 4.88. The third-order valence-corrected chi connectivity index (χ3v) is 8.09. The zero-order valence-corrected chi connectivity index (χ0v) is 21.9. The Kier molecular flexibility index (Phi) is 6.14. The molecule has 202 valence electrons. The van der Waals surface area contributed by atoms with Gasteiger partial charge < -0.3 is 9.47 Å². The Morgan fingerprint density at radius 1 is 0.975 bits per heavy atom. The van der Waals surface area contributed by atoms with Crippen LogP contribution in [0, 0.1) is 6.92 Å². The van der Waals surface area contributed by atoms with Crippen LogP contribution < -0.4 is 9.47 Å². The zero-order valence-electron chi connectivity index (χ0n) is 21.1. The molecule has 0 bridgehead atoms. The number of aromatic nitrogens is 6. The minimum atomic E-state index is -4.06. The average molecular weight is 563 g/mol. The van der Waals surface area contributed by atoms with Gasteiger partial charge in [-0.3, -0.25) is 4.98 Å². The number of nitrogens with zero attached hydrogens (tertiary/aromatic N) is 6. The van der Waals surface area contributed by atoms with Crippen LogP contribution in [0.3, 0.4) is 0 Å². The lowest BCUT2D eigenvalue weighted by Crippen LogP contribution is -2.09. The van der Waals surface area contributed by atoms with Crippen LogP contribution in [0.4, 0.5) is 8.78 Å². The molecule has 6 aromatic rings. The fourth-order valence-electron chi connectivity index (χ4n) is 4.43. The van der Waals surface area contributed by atoms with E-state index < -0.39 is 16.4 Å². The van der Waals surface area contributed by atoms with Crippen molar-refractivity contribution in [2.75, 3.05) is 7.11 Å². The third kappa shape index (κ3) is 4.29. The van der Waals surface area contributed by atoms with Crippen LogP contribution in [-0.4, -0.2) is 51.5 Å². The molecule has 40 heavy (non-hydrogen) atoms. The van der Waals surface area contributed by atoms with E-state index in [1.165, 1.54) is 42.1 Å². The Bertz CT molecular complexity index is 2010. The molecule has 0 saturated heterocycles. The van der Waals surface area contributed by atoms with E-state index in [0.717, 1.165) is 0 Å². The topological polar surface area (TPSA) is 114 Å². The number of methoxy groups -OCH3 is 1. The smallest absolute Gasteiger partial charge is 0.387 e. The van der Waals surface area contributed by atoms with E-state index >= 15 is 0 Å². The number of hydrogen-bond acceptors (Lipinski definition) is 8. The molecule has 0 radical (unpaired) electrons. The molecule has 0 atom stereocenters. The monoisotopic (exact) mass is 562 g/mol. The van der Waals surface area contributed by atoms with Crippen molar-refractivity contribution in [3.8, 4) is 28.4 Å². The molecule has 0 aliphatic carbocycles. The van der Waals surface area contributed by atoms with Crippen LogP contribution >= 0.6 is 0 Å². The van der Waals surface area contributed by atoms with Gasteiger partial charge in [0.2, 0.25) is 9.84 Å². The van der Waals surface area contributed by atoms with Crippen molar-refractivity contribution in [3.63, 3.8) is 0 Å². The fourth-order valence-corrected chi connectivity index (χ4v) is 5.74. The lowest BCUT2D eigenvalue weighted by molar-refractivity contribution is -0.0499. The molecule has 0 saturated carbocycles. The van der Waals surface area contributed by atoms with Gasteiger partial charge >= 0.3 is 6.61 Å². The van der Waals surface area contributed by atoms with Crippen molar-refractivity contribution in [1.82, 2.24) is 29.4 Å². The highest BCUT2D eigenvalue weighted by atomic mass is 32.2. The number of hydrogen-bond donors (Lipinski definition) is 0. The highest BCUT2D eigenvalue weighted by Crippen LogP contribution is 2.34. The molecule has 4 aromatic heterocycles. The Morgan fingerprint density at radius 3 is 2.60 bits per heavy atom. The lowest BCUT2D eigenvalue weighted by Gasteiger charge is -2.14. The summed E-state index contributed by atoms with van der Waals surface area (Å²) in [6.45, 7) is -1.41. The average Bonchev–Trinajstić information content (AvgIpc) is 3.53. The number of ether oxygens (including phenoxy) is 2. The van der Waals surface area contributed by atoms with Gasteiger partial charge in [-0.25, -0.2) is 22.6 Å². The SMILES string of the molecule is COc1cccc(S(=O)(=O)c2ccc(OC(F)F)c(-n3nc(C)c4cnc(-c5cnn6cccnc56)cc43)c2)c1.